The average molecular weight is 593 g/mol. The summed E-state index contributed by atoms with van der Waals surface area (Å²) in [4.78, 5) is 7.38. The molecule has 0 amide bonds. The standard InChI is InChI=1S/C31H48N6O2Si2/c1-40(2,3)18-16-38-23-36(24-39-17-19-41(4,5)6)30-20-29(27-8-7-15-33-21-27)35-31-28(22-34-37(30)31)26-11-9-25(10-12-26)13-14-32/h9-12,20,22,27,33H,7-8,13,15-19,21,23-24H2,1-6H3. The minimum absolute atomic E-state index is 0.343. The Kier molecular flexibility index (Phi) is 10.8. The molecule has 2 aromatic heterocycles. The van der Waals surface area contributed by atoms with Gasteiger partial charge in [0.05, 0.1) is 24.4 Å². The molecule has 1 aliphatic heterocycles. The van der Waals surface area contributed by atoms with Crippen molar-refractivity contribution in [2.24, 2.45) is 0 Å². The highest BCUT2D eigenvalue weighted by Gasteiger charge is 2.24. The van der Waals surface area contributed by atoms with Crippen molar-refractivity contribution in [2.75, 3.05) is 44.7 Å². The molecule has 3 heterocycles. The number of hydrogen-bond donors (Lipinski definition) is 1. The third kappa shape index (κ3) is 9.22. The van der Waals surface area contributed by atoms with Gasteiger partial charge >= 0.3 is 0 Å². The van der Waals surface area contributed by atoms with Crippen LogP contribution in [0.4, 0.5) is 5.82 Å². The maximum atomic E-state index is 9.09. The van der Waals surface area contributed by atoms with Crippen molar-refractivity contribution in [2.45, 2.75) is 76.6 Å². The Morgan fingerprint density at radius 3 is 2.24 bits per heavy atom. The second kappa shape index (κ2) is 14.1. The number of aromatic nitrogens is 3. The van der Waals surface area contributed by atoms with Gasteiger partial charge in [-0.2, -0.15) is 14.9 Å². The molecule has 222 valence electrons. The molecular weight excluding hydrogens is 545 g/mol. The van der Waals surface area contributed by atoms with Crippen LogP contribution in [0.5, 0.6) is 0 Å². The number of hydrogen-bond acceptors (Lipinski definition) is 7. The number of fused-ring (bicyclic) bond motifs is 1. The zero-order valence-corrected chi connectivity index (χ0v) is 27.9. The second-order valence-electron chi connectivity index (χ2n) is 13.6. The van der Waals surface area contributed by atoms with Gasteiger partial charge < -0.3 is 19.7 Å². The molecule has 41 heavy (non-hydrogen) atoms. The number of nitriles is 1. The van der Waals surface area contributed by atoms with Gasteiger partial charge in [0, 0.05) is 53.5 Å². The summed E-state index contributed by atoms with van der Waals surface area (Å²) in [6, 6.07) is 14.8. The van der Waals surface area contributed by atoms with E-state index >= 15 is 0 Å². The highest BCUT2D eigenvalue weighted by molar-refractivity contribution is 6.76. The average Bonchev–Trinajstić information content (AvgIpc) is 3.36. The van der Waals surface area contributed by atoms with Crippen LogP contribution in [0.15, 0.2) is 36.5 Å². The number of rotatable bonds is 14. The number of nitrogens with zero attached hydrogens (tertiary/aromatic N) is 5. The van der Waals surface area contributed by atoms with Crippen LogP contribution < -0.4 is 10.2 Å². The van der Waals surface area contributed by atoms with E-state index in [0.717, 1.165) is 85.1 Å². The Balaban J connectivity index is 1.70. The predicted molar refractivity (Wildman–Crippen MR) is 173 cm³/mol. The summed E-state index contributed by atoms with van der Waals surface area (Å²) in [5, 5.41) is 17.5. The monoisotopic (exact) mass is 592 g/mol. The second-order valence-corrected chi connectivity index (χ2v) is 24.9. The summed E-state index contributed by atoms with van der Waals surface area (Å²) in [6.07, 6.45) is 4.56. The van der Waals surface area contributed by atoms with Crippen molar-refractivity contribution >= 4 is 27.6 Å². The Labute approximate surface area is 248 Å². The SMILES string of the molecule is C[Si](C)(C)CCOCN(COCC[Si](C)(C)C)c1cc(C2CCCNC2)nc2c(-c3ccc(CC#N)cc3)cnn12. The van der Waals surface area contributed by atoms with E-state index in [2.05, 4.69) is 73.8 Å². The largest absolute Gasteiger partial charge is 0.361 e. The molecule has 0 spiro atoms. The van der Waals surface area contributed by atoms with E-state index in [0.29, 0.717) is 25.8 Å². The maximum absolute atomic E-state index is 9.09. The summed E-state index contributed by atoms with van der Waals surface area (Å²) >= 11 is 0. The van der Waals surface area contributed by atoms with Crippen LogP contribution in [0.25, 0.3) is 16.8 Å². The predicted octanol–water partition coefficient (Wildman–Crippen LogP) is 6.36. The molecule has 0 bridgehead atoms. The molecule has 3 aromatic rings. The first-order chi connectivity index (χ1) is 19.5. The maximum Gasteiger partial charge on any atom is 0.165 e. The van der Waals surface area contributed by atoms with Crippen LogP contribution in [-0.2, 0) is 15.9 Å². The Hall–Kier alpha value is -2.56. The third-order valence-corrected chi connectivity index (χ3v) is 11.0. The molecule has 10 heteroatoms. The number of benzene rings is 1. The van der Waals surface area contributed by atoms with Gasteiger partial charge in [-0.05, 0) is 42.6 Å². The van der Waals surface area contributed by atoms with Crippen LogP contribution in [0, 0.1) is 11.3 Å². The highest BCUT2D eigenvalue weighted by Crippen LogP contribution is 2.31. The molecule has 1 aromatic carbocycles. The minimum atomic E-state index is -1.20. The molecule has 1 saturated heterocycles. The van der Waals surface area contributed by atoms with Gasteiger partial charge in [0.25, 0.3) is 0 Å². The topological polar surface area (TPSA) is 87.7 Å². The third-order valence-electron chi connectivity index (χ3n) is 7.55. The van der Waals surface area contributed by atoms with Gasteiger partial charge in [0.1, 0.15) is 19.3 Å². The van der Waals surface area contributed by atoms with E-state index in [-0.39, 0.29) is 0 Å². The van der Waals surface area contributed by atoms with E-state index in [1.54, 1.807) is 0 Å². The molecule has 1 fully saturated rings. The number of nitrogens with one attached hydrogen (secondary N) is 1. The first-order valence-electron chi connectivity index (χ1n) is 15.0. The quantitative estimate of drug-likeness (QED) is 0.132. The first-order valence-corrected chi connectivity index (χ1v) is 22.4. The van der Waals surface area contributed by atoms with Crippen LogP contribution in [0.3, 0.4) is 0 Å². The van der Waals surface area contributed by atoms with Crippen LogP contribution in [0.1, 0.15) is 30.0 Å². The van der Waals surface area contributed by atoms with Crippen LogP contribution in [-0.4, -0.2) is 70.5 Å². The Morgan fingerprint density at radius 2 is 1.68 bits per heavy atom. The molecule has 1 atom stereocenters. The van der Waals surface area contributed by atoms with Crippen molar-refractivity contribution in [1.82, 2.24) is 19.9 Å². The molecular formula is C31H48N6O2Si2. The van der Waals surface area contributed by atoms with Gasteiger partial charge in [-0.15, -0.1) is 0 Å². The zero-order chi connectivity index (χ0) is 29.5. The van der Waals surface area contributed by atoms with Gasteiger partial charge in [-0.3, -0.25) is 0 Å². The highest BCUT2D eigenvalue weighted by atomic mass is 28.3. The lowest BCUT2D eigenvalue weighted by Gasteiger charge is -2.28. The summed E-state index contributed by atoms with van der Waals surface area (Å²) in [5.74, 6) is 1.29. The van der Waals surface area contributed by atoms with Crippen LogP contribution >= 0.6 is 0 Å². The first kappa shape index (κ1) is 31.4. The van der Waals surface area contributed by atoms with E-state index in [9.17, 15) is 0 Å². The number of ether oxygens (including phenoxy) is 2. The summed E-state index contributed by atoms with van der Waals surface area (Å²) < 4.78 is 14.5. The number of piperidine rings is 1. The van der Waals surface area contributed by atoms with Crippen molar-refractivity contribution in [3.63, 3.8) is 0 Å². The lowest BCUT2D eigenvalue weighted by atomic mass is 9.95. The Morgan fingerprint density at radius 1 is 1.02 bits per heavy atom. The fourth-order valence-corrected chi connectivity index (χ4v) is 6.39. The van der Waals surface area contributed by atoms with E-state index < -0.39 is 16.1 Å². The normalized spacial score (nSPS) is 16.2. The van der Waals surface area contributed by atoms with Crippen molar-refractivity contribution in [3.8, 4) is 17.2 Å². The molecule has 1 unspecified atom stereocenters. The summed E-state index contributed by atoms with van der Waals surface area (Å²) in [5.41, 5.74) is 4.96. The fraction of sp³-hybridized carbons (Fsp3) is 0.581. The molecule has 0 aliphatic carbocycles. The fourth-order valence-electron chi connectivity index (χ4n) is 4.88. The molecule has 1 N–H and O–H groups in total. The molecule has 0 saturated carbocycles. The summed E-state index contributed by atoms with van der Waals surface area (Å²) in [7, 11) is -2.40. The minimum Gasteiger partial charge on any atom is -0.361 e. The van der Waals surface area contributed by atoms with Gasteiger partial charge in [0.15, 0.2) is 5.65 Å². The number of anilines is 1. The van der Waals surface area contributed by atoms with Crippen molar-refractivity contribution in [3.05, 3.63) is 47.8 Å². The van der Waals surface area contributed by atoms with E-state index in [1.165, 1.54) is 0 Å². The Bertz CT molecular complexity index is 1280. The molecule has 0 radical (unpaired) electrons. The van der Waals surface area contributed by atoms with Gasteiger partial charge in [0.2, 0.25) is 0 Å². The summed E-state index contributed by atoms with van der Waals surface area (Å²) in [6.45, 7) is 18.6. The van der Waals surface area contributed by atoms with Crippen molar-refractivity contribution in [1.29, 1.82) is 5.26 Å². The smallest absolute Gasteiger partial charge is 0.165 e. The van der Waals surface area contributed by atoms with Gasteiger partial charge in [-0.1, -0.05) is 63.5 Å². The van der Waals surface area contributed by atoms with Crippen molar-refractivity contribution < 1.29 is 9.47 Å². The molecule has 1 aliphatic rings. The lowest BCUT2D eigenvalue weighted by Crippen LogP contribution is -2.34. The van der Waals surface area contributed by atoms with E-state index in [1.807, 2.05) is 22.8 Å². The van der Waals surface area contributed by atoms with E-state index in [4.69, 9.17) is 24.8 Å². The zero-order valence-electron chi connectivity index (χ0n) is 25.9. The molecule has 4 rings (SSSR count). The van der Waals surface area contributed by atoms with Crippen LogP contribution in [0.2, 0.25) is 51.4 Å². The lowest BCUT2D eigenvalue weighted by molar-refractivity contribution is 0.0942. The molecule has 8 nitrogen and oxygen atoms in total. The van der Waals surface area contributed by atoms with Gasteiger partial charge in [-0.25, -0.2) is 4.98 Å².